The first-order chi connectivity index (χ1) is 18.3. The molecule has 0 bridgehead atoms. The van der Waals surface area contributed by atoms with Crippen LogP contribution in [0.4, 0.5) is 11.4 Å². The molecule has 1 fully saturated rings. The predicted octanol–water partition coefficient (Wildman–Crippen LogP) is 4.44. The predicted molar refractivity (Wildman–Crippen MR) is 152 cm³/mol. The summed E-state index contributed by atoms with van der Waals surface area (Å²) in [5.41, 5.74) is 3.74. The lowest BCUT2D eigenvalue weighted by atomic mass is 10.0. The third-order valence-corrected chi connectivity index (χ3v) is 7.19. The molecule has 0 saturated carbocycles. The number of nitrogens with zero attached hydrogens (tertiary/aromatic N) is 3. The van der Waals surface area contributed by atoms with Crippen molar-refractivity contribution in [2.24, 2.45) is 0 Å². The fourth-order valence-electron chi connectivity index (χ4n) is 4.73. The van der Waals surface area contributed by atoms with Crippen LogP contribution in [0.5, 0.6) is 11.5 Å². The normalized spacial score (nSPS) is 17.2. The molecule has 2 N–H and O–H groups in total. The highest BCUT2D eigenvalue weighted by Gasteiger charge is 2.42. The van der Waals surface area contributed by atoms with Gasteiger partial charge in [0.15, 0.2) is 5.11 Å². The van der Waals surface area contributed by atoms with Gasteiger partial charge in [0.05, 0.1) is 43.6 Å². The number of aromatic nitrogens is 2. The molecule has 0 unspecified atom stereocenters. The lowest BCUT2D eigenvalue weighted by Crippen LogP contribution is -2.30. The number of benzene rings is 2. The molecular formula is C27H27N5O4S2. The molecule has 2 aromatic heterocycles. The molecule has 1 aliphatic rings. The number of nitrogens with one attached hydrogen (secondary N) is 2. The smallest absolute Gasteiger partial charge is 0.229 e. The summed E-state index contributed by atoms with van der Waals surface area (Å²) in [5.74, 6) is 1.10. The maximum Gasteiger partial charge on any atom is 0.229 e. The summed E-state index contributed by atoms with van der Waals surface area (Å²) in [5, 5.41) is 3.96. The first-order valence-electron chi connectivity index (χ1n) is 11.8. The maximum atomic E-state index is 11.9. The Kier molecular flexibility index (Phi) is 6.96. The van der Waals surface area contributed by atoms with Crippen molar-refractivity contribution >= 4 is 38.7 Å². The Hall–Kier alpha value is -4.09. The fraction of sp³-hybridized carbons (Fsp3) is 0.185. The summed E-state index contributed by atoms with van der Waals surface area (Å²) in [6.07, 6.45) is 4.84. The van der Waals surface area contributed by atoms with E-state index in [1.54, 1.807) is 25.4 Å². The van der Waals surface area contributed by atoms with Crippen LogP contribution in [-0.2, 0) is 10.0 Å². The number of anilines is 2. The first-order valence-corrected chi connectivity index (χ1v) is 14.1. The van der Waals surface area contributed by atoms with Gasteiger partial charge in [-0.3, -0.25) is 9.71 Å². The molecule has 5 rings (SSSR count). The van der Waals surface area contributed by atoms with Crippen LogP contribution in [0.2, 0.25) is 0 Å². The minimum Gasteiger partial charge on any atom is -0.495 e. The van der Waals surface area contributed by atoms with Gasteiger partial charge in [0, 0.05) is 29.8 Å². The maximum absolute atomic E-state index is 11.9. The van der Waals surface area contributed by atoms with Crippen molar-refractivity contribution in [1.82, 2.24) is 14.9 Å². The highest BCUT2D eigenvalue weighted by atomic mass is 32.2. The molecule has 4 aromatic rings. The van der Waals surface area contributed by atoms with Crippen LogP contribution in [-0.4, -0.2) is 43.6 Å². The molecule has 9 nitrogen and oxygen atoms in total. The van der Waals surface area contributed by atoms with Gasteiger partial charge >= 0.3 is 0 Å². The lowest BCUT2D eigenvalue weighted by Gasteiger charge is -2.29. The minimum absolute atomic E-state index is 0.271. The van der Waals surface area contributed by atoms with Gasteiger partial charge in [0.25, 0.3) is 0 Å². The molecule has 38 heavy (non-hydrogen) atoms. The van der Waals surface area contributed by atoms with Crippen LogP contribution in [0.3, 0.4) is 0 Å². The van der Waals surface area contributed by atoms with Gasteiger partial charge in [-0.15, -0.1) is 0 Å². The summed E-state index contributed by atoms with van der Waals surface area (Å²) in [7, 11) is -0.349. The molecule has 11 heteroatoms. The molecule has 3 heterocycles. The van der Waals surface area contributed by atoms with Crippen molar-refractivity contribution in [3.63, 3.8) is 0 Å². The van der Waals surface area contributed by atoms with Crippen LogP contribution in [0.15, 0.2) is 85.2 Å². The van der Waals surface area contributed by atoms with Crippen molar-refractivity contribution < 1.29 is 17.9 Å². The Morgan fingerprint density at radius 3 is 2.45 bits per heavy atom. The molecule has 0 spiro atoms. The second-order valence-electron chi connectivity index (χ2n) is 8.73. The standard InChI is InChI=1S/C27H27N5O4S2/c1-35-23-12-5-4-10-21(23)31-16-8-11-22(31)26-25(20-9-6-7-15-28-20)29-27(37)32(26)18-13-14-19(24(17-18)36-2)30-38(3,33)34/h4-17,25-26,30H,1-3H3,(H,29,37)/t25-,26-/m1/s1. The third kappa shape index (κ3) is 4.90. The number of ether oxygens (including phenoxy) is 2. The summed E-state index contributed by atoms with van der Waals surface area (Å²) in [6.45, 7) is 0. The highest BCUT2D eigenvalue weighted by molar-refractivity contribution is 7.92. The summed E-state index contributed by atoms with van der Waals surface area (Å²) in [6, 6.07) is 22.3. The van der Waals surface area contributed by atoms with Crippen molar-refractivity contribution in [3.05, 3.63) is 96.6 Å². The van der Waals surface area contributed by atoms with E-state index in [1.807, 2.05) is 71.8 Å². The van der Waals surface area contributed by atoms with E-state index in [0.29, 0.717) is 16.5 Å². The van der Waals surface area contributed by atoms with Gasteiger partial charge < -0.3 is 24.3 Å². The molecule has 1 saturated heterocycles. The first kappa shape index (κ1) is 25.6. The number of pyridine rings is 1. The molecule has 1 aliphatic heterocycles. The fourth-order valence-corrected chi connectivity index (χ4v) is 5.64. The molecular weight excluding hydrogens is 522 g/mol. The van der Waals surface area contributed by atoms with Gasteiger partial charge in [-0.05, 0) is 60.7 Å². The highest BCUT2D eigenvalue weighted by Crippen LogP contribution is 2.44. The van der Waals surface area contributed by atoms with E-state index in [4.69, 9.17) is 21.7 Å². The van der Waals surface area contributed by atoms with Crippen LogP contribution >= 0.6 is 12.2 Å². The third-order valence-electron chi connectivity index (χ3n) is 6.28. The zero-order chi connectivity index (χ0) is 26.9. The second-order valence-corrected chi connectivity index (χ2v) is 10.9. The van der Waals surface area contributed by atoms with E-state index in [0.717, 1.165) is 34.8 Å². The number of thiocarbonyl (C=S) groups is 1. The van der Waals surface area contributed by atoms with Crippen molar-refractivity contribution in [3.8, 4) is 17.2 Å². The zero-order valence-corrected chi connectivity index (χ0v) is 22.7. The number of methoxy groups -OCH3 is 2. The van der Waals surface area contributed by atoms with E-state index in [2.05, 4.69) is 19.6 Å². The monoisotopic (exact) mass is 549 g/mol. The minimum atomic E-state index is -3.49. The van der Waals surface area contributed by atoms with Gasteiger partial charge in [0.1, 0.15) is 17.5 Å². The molecule has 2 aromatic carbocycles. The van der Waals surface area contributed by atoms with Gasteiger partial charge in [0.2, 0.25) is 10.0 Å². The second kappa shape index (κ2) is 10.3. The van der Waals surface area contributed by atoms with Crippen LogP contribution in [0, 0.1) is 0 Å². The molecule has 0 amide bonds. The quantitative estimate of drug-likeness (QED) is 0.312. The summed E-state index contributed by atoms with van der Waals surface area (Å²) >= 11 is 5.86. The van der Waals surface area contributed by atoms with E-state index >= 15 is 0 Å². The number of sulfonamides is 1. The molecule has 0 aliphatic carbocycles. The van der Waals surface area contributed by atoms with Crippen LogP contribution in [0.1, 0.15) is 23.5 Å². The van der Waals surface area contributed by atoms with E-state index in [9.17, 15) is 8.42 Å². The Morgan fingerprint density at radius 2 is 1.74 bits per heavy atom. The average Bonchev–Trinajstić information content (AvgIpc) is 3.52. The van der Waals surface area contributed by atoms with Crippen molar-refractivity contribution in [1.29, 1.82) is 0 Å². The van der Waals surface area contributed by atoms with Crippen molar-refractivity contribution in [2.75, 3.05) is 30.1 Å². The van der Waals surface area contributed by atoms with Gasteiger partial charge in [-0.25, -0.2) is 8.42 Å². The Bertz CT molecular complexity index is 1570. The number of para-hydroxylation sites is 2. The topological polar surface area (TPSA) is 97.7 Å². The van der Waals surface area contributed by atoms with Gasteiger partial charge in [-0.1, -0.05) is 18.2 Å². The molecule has 0 radical (unpaired) electrons. The largest absolute Gasteiger partial charge is 0.495 e. The Balaban J connectivity index is 1.66. The number of rotatable bonds is 8. The van der Waals surface area contributed by atoms with Crippen LogP contribution in [0.25, 0.3) is 5.69 Å². The zero-order valence-electron chi connectivity index (χ0n) is 21.0. The van der Waals surface area contributed by atoms with Crippen LogP contribution < -0.4 is 24.4 Å². The Morgan fingerprint density at radius 1 is 0.974 bits per heavy atom. The van der Waals surface area contributed by atoms with E-state index in [-0.39, 0.29) is 12.1 Å². The number of hydrogen-bond donors (Lipinski definition) is 2. The average molecular weight is 550 g/mol. The SMILES string of the molecule is COc1cc(N2C(=S)N[C@H](c3ccccn3)[C@H]2c2cccn2-c2ccccc2OC)ccc1NS(C)(=O)=O. The molecule has 2 atom stereocenters. The number of hydrogen-bond acceptors (Lipinski definition) is 6. The summed E-state index contributed by atoms with van der Waals surface area (Å²) in [4.78, 5) is 6.63. The Labute approximate surface area is 227 Å². The van der Waals surface area contributed by atoms with Crippen molar-refractivity contribution in [2.45, 2.75) is 12.1 Å². The van der Waals surface area contributed by atoms with E-state index in [1.165, 1.54) is 7.11 Å². The van der Waals surface area contributed by atoms with Gasteiger partial charge in [-0.2, -0.15) is 0 Å². The lowest BCUT2D eigenvalue weighted by molar-refractivity contribution is 0.412. The van der Waals surface area contributed by atoms with E-state index < -0.39 is 10.0 Å². The summed E-state index contributed by atoms with van der Waals surface area (Å²) < 4.78 is 39.5. The molecule has 196 valence electrons.